The zero-order chi connectivity index (χ0) is 20.9. The zero-order valence-electron chi connectivity index (χ0n) is 16.7. The van der Waals surface area contributed by atoms with Gasteiger partial charge in [-0.3, -0.25) is 9.59 Å². The van der Waals surface area contributed by atoms with Gasteiger partial charge in [-0.15, -0.1) is 0 Å². The Hall–Kier alpha value is -2.63. The number of aryl methyl sites for hydroxylation is 1. The van der Waals surface area contributed by atoms with Gasteiger partial charge in [-0.25, -0.2) is 0 Å². The molecule has 2 amide bonds. The summed E-state index contributed by atoms with van der Waals surface area (Å²) in [6, 6.07) is 15.6. The van der Waals surface area contributed by atoms with E-state index in [0.29, 0.717) is 24.7 Å². The summed E-state index contributed by atoms with van der Waals surface area (Å²) >= 11 is 6.20. The Bertz CT molecular complexity index is 1040. The lowest BCUT2D eigenvalue weighted by Crippen LogP contribution is -2.43. The molecule has 4 atom stereocenters. The normalized spacial score (nSPS) is 28.8. The number of benzene rings is 2. The van der Waals surface area contributed by atoms with Gasteiger partial charge in [0.05, 0.1) is 24.5 Å². The third-order valence-corrected chi connectivity index (χ3v) is 6.76. The molecule has 1 N–H and O–H groups in total. The second-order valence-corrected chi connectivity index (χ2v) is 8.80. The van der Waals surface area contributed by atoms with E-state index >= 15 is 0 Å². The van der Waals surface area contributed by atoms with Gasteiger partial charge in [0.1, 0.15) is 5.60 Å². The molecule has 0 aromatic heterocycles. The van der Waals surface area contributed by atoms with Crippen molar-refractivity contribution in [3.63, 3.8) is 0 Å². The largest absolute Gasteiger partial charge is 0.360 e. The van der Waals surface area contributed by atoms with Gasteiger partial charge < -0.3 is 15.0 Å². The molecule has 30 heavy (non-hydrogen) atoms. The van der Waals surface area contributed by atoms with Crippen molar-refractivity contribution in [2.75, 3.05) is 6.54 Å². The Labute approximate surface area is 180 Å². The van der Waals surface area contributed by atoms with Gasteiger partial charge in [0.25, 0.3) is 0 Å². The molecule has 5 rings (SSSR count). The highest BCUT2D eigenvalue weighted by molar-refractivity contribution is 6.31. The number of halogens is 1. The van der Waals surface area contributed by atoms with Crippen molar-refractivity contribution < 1.29 is 14.3 Å². The molecule has 2 fully saturated rings. The Balaban J connectivity index is 1.32. The quantitative estimate of drug-likeness (QED) is 0.752. The smallest absolute Gasteiger partial charge is 0.230 e. The molecule has 0 unspecified atom stereocenters. The first-order valence-electron chi connectivity index (χ1n) is 10.2. The Morgan fingerprint density at radius 2 is 2.00 bits per heavy atom. The van der Waals surface area contributed by atoms with Crippen molar-refractivity contribution in [3.8, 4) is 0 Å². The van der Waals surface area contributed by atoms with E-state index in [1.165, 1.54) is 5.56 Å². The predicted molar refractivity (Wildman–Crippen MR) is 114 cm³/mol. The van der Waals surface area contributed by atoms with Crippen LogP contribution in [0, 0.1) is 18.8 Å². The Morgan fingerprint density at radius 3 is 2.77 bits per heavy atom. The van der Waals surface area contributed by atoms with E-state index in [2.05, 4.69) is 5.32 Å². The SMILES string of the molecule is Cc1ccc(CN2C[C@@]34C=C[C@H](O3)[C@H](C(=O)NCc3ccccc3Cl)[C@H]4C2=O)cc1. The van der Waals surface area contributed by atoms with Crippen LogP contribution in [-0.4, -0.2) is 35.0 Å². The molecule has 0 saturated carbocycles. The molecule has 1 spiro atoms. The number of hydrogen-bond acceptors (Lipinski definition) is 3. The number of likely N-dealkylation sites (tertiary alicyclic amines) is 1. The van der Waals surface area contributed by atoms with Crippen molar-refractivity contribution in [2.24, 2.45) is 11.8 Å². The number of ether oxygens (including phenoxy) is 1. The van der Waals surface area contributed by atoms with Crippen molar-refractivity contribution in [2.45, 2.75) is 31.7 Å². The molecule has 0 aliphatic carbocycles. The van der Waals surface area contributed by atoms with E-state index in [-0.39, 0.29) is 17.9 Å². The van der Waals surface area contributed by atoms with E-state index < -0.39 is 17.4 Å². The molecule has 2 aromatic rings. The van der Waals surface area contributed by atoms with Gasteiger partial charge >= 0.3 is 0 Å². The first-order chi connectivity index (χ1) is 14.5. The minimum atomic E-state index is -0.696. The standard InChI is InChI=1S/C24H23ClN2O3/c1-15-6-8-16(9-7-15)13-27-14-24-11-10-19(30-24)20(21(24)23(27)29)22(28)26-12-17-4-2-3-5-18(17)25/h2-11,19-21H,12-14H2,1H3,(H,26,28)/t19-,20-,21-,24+/m0/s1. The summed E-state index contributed by atoms with van der Waals surface area (Å²) in [7, 11) is 0. The number of amides is 2. The van der Waals surface area contributed by atoms with Crippen LogP contribution >= 0.6 is 11.6 Å². The van der Waals surface area contributed by atoms with Crippen LogP contribution in [0.5, 0.6) is 0 Å². The van der Waals surface area contributed by atoms with Crippen LogP contribution in [-0.2, 0) is 27.4 Å². The van der Waals surface area contributed by atoms with Crippen LogP contribution in [0.15, 0.2) is 60.7 Å². The maximum atomic E-state index is 13.3. The third kappa shape index (κ3) is 3.13. The summed E-state index contributed by atoms with van der Waals surface area (Å²) in [4.78, 5) is 28.2. The van der Waals surface area contributed by atoms with Crippen molar-refractivity contribution in [3.05, 3.63) is 82.4 Å². The summed E-state index contributed by atoms with van der Waals surface area (Å²) in [5.41, 5.74) is 2.41. The van der Waals surface area contributed by atoms with E-state index in [4.69, 9.17) is 16.3 Å². The van der Waals surface area contributed by atoms with E-state index in [0.717, 1.165) is 11.1 Å². The molecule has 3 aliphatic rings. The van der Waals surface area contributed by atoms with Crippen LogP contribution in [0.2, 0.25) is 5.02 Å². The number of hydrogen-bond donors (Lipinski definition) is 1. The third-order valence-electron chi connectivity index (χ3n) is 6.39. The minimum absolute atomic E-state index is 0.0136. The van der Waals surface area contributed by atoms with Gasteiger partial charge in [-0.1, -0.05) is 71.8 Å². The van der Waals surface area contributed by atoms with Crippen molar-refractivity contribution in [1.82, 2.24) is 10.2 Å². The van der Waals surface area contributed by atoms with Gasteiger partial charge in [0.15, 0.2) is 0 Å². The second kappa shape index (κ2) is 7.25. The van der Waals surface area contributed by atoms with Crippen molar-refractivity contribution >= 4 is 23.4 Å². The highest BCUT2D eigenvalue weighted by Gasteiger charge is 2.66. The fourth-order valence-electron chi connectivity index (χ4n) is 4.87. The summed E-state index contributed by atoms with van der Waals surface area (Å²) in [6.45, 7) is 3.36. The summed E-state index contributed by atoms with van der Waals surface area (Å²) in [5, 5.41) is 3.57. The van der Waals surface area contributed by atoms with E-state index in [1.54, 1.807) is 6.07 Å². The number of carbonyl (C=O) groups excluding carboxylic acids is 2. The number of nitrogens with one attached hydrogen (secondary N) is 1. The first-order valence-corrected chi connectivity index (χ1v) is 10.6. The second-order valence-electron chi connectivity index (χ2n) is 8.39. The fraction of sp³-hybridized carbons (Fsp3) is 0.333. The number of carbonyl (C=O) groups is 2. The zero-order valence-corrected chi connectivity index (χ0v) is 17.4. The molecule has 2 bridgehead atoms. The molecule has 6 heteroatoms. The monoisotopic (exact) mass is 422 g/mol. The summed E-state index contributed by atoms with van der Waals surface area (Å²) in [6.07, 6.45) is 3.55. The summed E-state index contributed by atoms with van der Waals surface area (Å²) < 4.78 is 6.19. The number of fused-ring (bicyclic) bond motifs is 1. The van der Waals surface area contributed by atoms with Gasteiger partial charge in [0.2, 0.25) is 11.8 Å². The topological polar surface area (TPSA) is 58.6 Å². The molecule has 2 saturated heterocycles. The maximum Gasteiger partial charge on any atom is 0.230 e. The predicted octanol–water partition coefficient (Wildman–Crippen LogP) is 3.25. The first kappa shape index (κ1) is 19.3. The van der Waals surface area contributed by atoms with Crippen LogP contribution in [0.3, 0.4) is 0 Å². The molecule has 3 heterocycles. The lowest BCUT2D eigenvalue weighted by Gasteiger charge is -2.23. The van der Waals surface area contributed by atoms with Gasteiger partial charge in [0, 0.05) is 18.1 Å². The van der Waals surface area contributed by atoms with E-state index in [9.17, 15) is 9.59 Å². The molecule has 5 nitrogen and oxygen atoms in total. The molecule has 3 aliphatic heterocycles. The van der Waals surface area contributed by atoms with Crippen molar-refractivity contribution in [1.29, 1.82) is 0 Å². The highest BCUT2D eigenvalue weighted by Crippen LogP contribution is 2.52. The van der Waals surface area contributed by atoms with Crippen LogP contribution in [0.25, 0.3) is 0 Å². The number of rotatable bonds is 5. The molecule has 154 valence electrons. The van der Waals surface area contributed by atoms with Crippen LogP contribution in [0.4, 0.5) is 0 Å². The van der Waals surface area contributed by atoms with Gasteiger partial charge in [-0.05, 0) is 24.1 Å². The summed E-state index contributed by atoms with van der Waals surface area (Å²) in [5.74, 6) is -1.18. The molecular weight excluding hydrogens is 400 g/mol. The number of nitrogens with zero attached hydrogens (tertiary/aromatic N) is 1. The lowest BCUT2D eigenvalue weighted by atomic mass is 9.77. The highest BCUT2D eigenvalue weighted by atomic mass is 35.5. The fourth-order valence-corrected chi connectivity index (χ4v) is 5.07. The lowest BCUT2D eigenvalue weighted by molar-refractivity contribution is -0.137. The average molecular weight is 423 g/mol. The minimum Gasteiger partial charge on any atom is -0.360 e. The van der Waals surface area contributed by atoms with Crippen LogP contribution in [0.1, 0.15) is 16.7 Å². The van der Waals surface area contributed by atoms with E-state index in [1.807, 2.05) is 66.4 Å². The average Bonchev–Trinajstić information content (AvgIpc) is 3.37. The Morgan fingerprint density at radius 1 is 1.23 bits per heavy atom. The maximum absolute atomic E-state index is 13.3. The van der Waals surface area contributed by atoms with Gasteiger partial charge in [-0.2, -0.15) is 0 Å². The molecular formula is C24H23ClN2O3. The molecule has 2 aromatic carbocycles. The molecule has 0 radical (unpaired) electrons. The Kier molecular flexibility index (Phi) is 4.68. The van der Waals surface area contributed by atoms with Crippen LogP contribution < -0.4 is 5.32 Å².